The fourth-order valence-corrected chi connectivity index (χ4v) is 2.87. The molecule has 1 saturated heterocycles. The van der Waals surface area contributed by atoms with Gasteiger partial charge in [-0.1, -0.05) is 18.2 Å². The molecule has 0 saturated carbocycles. The summed E-state index contributed by atoms with van der Waals surface area (Å²) < 4.78 is 11.2. The van der Waals surface area contributed by atoms with Crippen LogP contribution in [0.4, 0.5) is 5.82 Å². The summed E-state index contributed by atoms with van der Waals surface area (Å²) in [6, 6.07) is 9.54. The zero-order chi connectivity index (χ0) is 18.2. The second-order valence-electron chi connectivity index (χ2n) is 6.25. The van der Waals surface area contributed by atoms with E-state index in [1.807, 2.05) is 31.2 Å². The summed E-state index contributed by atoms with van der Waals surface area (Å²) in [5.41, 5.74) is 1.06. The fraction of sp³-hybridized carbons (Fsp3) is 0.421. The van der Waals surface area contributed by atoms with E-state index in [0.717, 1.165) is 23.6 Å². The summed E-state index contributed by atoms with van der Waals surface area (Å²) in [4.78, 5) is 20.4. The van der Waals surface area contributed by atoms with Gasteiger partial charge in [0.2, 0.25) is 5.91 Å². The van der Waals surface area contributed by atoms with Gasteiger partial charge in [-0.3, -0.25) is 4.79 Å². The lowest BCUT2D eigenvalue weighted by molar-refractivity contribution is -0.123. The molecule has 1 aliphatic heterocycles. The standard InChI is InChI=1S/C19H24N4O3/c1-14-4-2-3-5-17(14)26-11-8-19(24)23-15-7-10-25-12-16(15)22-18-6-9-20-13-21-18/h2-6,9,13,15-16H,7-8,10-12H2,1H3,(H,23,24)(H,20,21,22)/t15-,16+/m0/s1. The summed E-state index contributed by atoms with van der Waals surface area (Å²) in [5.74, 6) is 1.51. The highest BCUT2D eigenvalue weighted by atomic mass is 16.5. The molecule has 138 valence electrons. The largest absolute Gasteiger partial charge is 0.493 e. The Morgan fingerprint density at radius 3 is 3.00 bits per heavy atom. The van der Waals surface area contributed by atoms with Crippen molar-refractivity contribution in [3.05, 3.63) is 48.4 Å². The average molecular weight is 356 g/mol. The number of nitrogens with zero attached hydrogens (tertiary/aromatic N) is 2. The van der Waals surface area contributed by atoms with E-state index in [4.69, 9.17) is 9.47 Å². The maximum Gasteiger partial charge on any atom is 0.223 e. The van der Waals surface area contributed by atoms with Gasteiger partial charge in [0.15, 0.2) is 0 Å². The van der Waals surface area contributed by atoms with Gasteiger partial charge in [-0.05, 0) is 31.0 Å². The SMILES string of the molecule is Cc1ccccc1OCCC(=O)N[C@H]1CCOC[C@H]1Nc1ccncn1. The van der Waals surface area contributed by atoms with Crippen molar-refractivity contribution in [1.82, 2.24) is 15.3 Å². The highest BCUT2D eigenvalue weighted by Crippen LogP contribution is 2.16. The molecular formula is C19H24N4O3. The smallest absolute Gasteiger partial charge is 0.223 e. The molecule has 0 bridgehead atoms. The maximum atomic E-state index is 12.3. The van der Waals surface area contributed by atoms with E-state index in [0.29, 0.717) is 26.2 Å². The zero-order valence-corrected chi connectivity index (χ0v) is 14.9. The van der Waals surface area contributed by atoms with Crippen molar-refractivity contribution in [2.45, 2.75) is 31.8 Å². The van der Waals surface area contributed by atoms with Gasteiger partial charge >= 0.3 is 0 Å². The first-order valence-corrected chi connectivity index (χ1v) is 8.80. The van der Waals surface area contributed by atoms with Gasteiger partial charge in [0, 0.05) is 12.8 Å². The number of nitrogens with one attached hydrogen (secondary N) is 2. The molecule has 3 rings (SSSR count). The first kappa shape index (κ1) is 18.1. The Morgan fingerprint density at radius 2 is 2.19 bits per heavy atom. The molecule has 1 aliphatic rings. The summed E-state index contributed by atoms with van der Waals surface area (Å²) >= 11 is 0. The normalized spacial score (nSPS) is 19.6. The van der Waals surface area contributed by atoms with Crippen LogP contribution >= 0.6 is 0 Å². The van der Waals surface area contributed by atoms with Crippen molar-refractivity contribution < 1.29 is 14.3 Å². The van der Waals surface area contributed by atoms with Gasteiger partial charge in [-0.15, -0.1) is 0 Å². The Kier molecular flexibility index (Phi) is 6.38. The number of anilines is 1. The molecule has 2 atom stereocenters. The first-order chi connectivity index (χ1) is 12.7. The van der Waals surface area contributed by atoms with Crippen molar-refractivity contribution in [3.63, 3.8) is 0 Å². The number of carbonyl (C=O) groups is 1. The molecule has 1 aromatic carbocycles. The quantitative estimate of drug-likeness (QED) is 0.789. The highest BCUT2D eigenvalue weighted by Gasteiger charge is 2.27. The number of benzene rings is 1. The van der Waals surface area contributed by atoms with Crippen LogP contribution in [-0.2, 0) is 9.53 Å². The molecule has 26 heavy (non-hydrogen) atoms. The molecule has 2 heterocycles. The maximum absolute atomic E-state index is 12.3. The van der Waals surface area contributed by atoms with Crippen LogP contribution in [0.5, 0.6) is 5.75 Å². The molecule has 2 aromatic rings. The van der Waals surface area contributed by atoms with Crippen molar-refractivity contribution in [1.29, 1.82) is 0 Å². The van der Waals surface area contributed by atoms with E-state index in [2.05, 4.69) is 20.6 Å². The topological polar surface area (TPSA) is 85.4 Å². The Labute approximate surface area is 153 Å². The number of carbonyl (C=O) groups excluding carboxylic acids is 1. The zero-order valence-electron chi connectivity index (χ0n) is 14.9. The van der Waals surface area contributed by atoms with Crippen LogP contribution in [0.2, 0.25) is 0 Å². The average Bonchev–Trinajstić information content (AvgIpc) is 2.66. The van der Waals surface area contributed by atoms with Gasteiger partial charge in [0.1, 0.15) is 17.9 Å². The number of ether oxygens (including phenoxy) is 2. The third-order valence-electron chi connectivity index (χ3n) is 4.30. The van der Waals surface area contributed by atoms with Gasteiger partial charge in [-0.2, -0.15) is 0 Å². The monoisotopic (exact) mass is 356 g/mol. The van der Waals surface area contributed by atoms with Gasteiger partial charge < -0.3 is 20.1 Å². The van der Waals surface area contributed by atoms with Crippen molar-refractivity contribution in [2.24, 2.45) is 0 Å². The molecule has 7 nitrogen and oxygen atoms in total. The Hall–Kier alpha value is -2.67. The molecular weight excluding hydrogens is 332 g/mol. The number of hydrogen-bond donors (Lipinski definition) is 2. The van der Waals surface area contributed by atoms with Gasteiger partial charge in [0.05, 0.1) is 31.7 Å². The molecule has 0 spiro atoms. The van der Waals surface area contributed by atoms with Crippen LogP contribution in [0.15, 0.2) is 42.9 Å². The van der Waals surface area contributed by atoms with Crippen LogP contribution in [0, 0.1) is 6.92 Å². The predicted octanol–water partition coefficient (Wildman–Crippen LogP) is 1.94. The molecule has 0 unspecified atom stereocenters. The van der Waals surface area contributed by atoms with E-state index in [9.17, 15) is 4.79 Å². The van der Waals surface area contributed by atoms with E-state index in [1.54, 1.807) is 12.3 Å². The molecule has 2 N–H and O–H groups in total. The number of rotatable bonds is 7. The lowest BCUT2D eigenvalue weighted by Crippen LogP contribution is -2.52. The van der Waals surface area contributed by atoms with E-state index in [-0.39, 0.29) is 18.0 Å². The summed E-state index contributed by atoms with van der Waals surface area (Å²) in [5, 5.41) is 6.39. The number of para-hydroxylation sites is 1. The van der Waals surface area contributed by atoms with Crippen molar-refractivity contribution in [3.8, 4) is 5.75 Å². The van der Waals surface area contributed by atoms with Crippen LogP contribution in [0.25, 0.3) is 0 Å². The highest BCUT2D eigenvalue weighted by molar-refractivity contribution is 5.76. The Bertz CT molecular complexity index is 711. The van der Waals surface area contributed by atoms with E-state index < -0.39 is 0 Å². The molecule has 1 aromatic heterocycles. The minimum absolute atomic E-state index is 0.00956. The second kappa shape index (κ2) is 9.15. The molecule has 1 amide bonds. The predicted molar refractivity (Wildman–Crippen MR) is 98.1 cm³/mol. The van der Waals surface area contributed by atoms with Crippen molar-refractivity contribution in [2.75, 3.05) is 25.1 Å². The van der Waals surface area contributed by atoms with Crippen LogP contribution in [0.1, 0.15) is 18.4 Å². The Morgan fingerprint density at radius 1 is 1.31 bits per heavy atom. The van der Waals surface area contributed by atoms with Crippen LogP contribution in [0.3, 0.4) is 0 Å². The Balaban J connectivity index is 1.47. The molecule has 1 fully saturated rings. The summed E-state index contributed by atoms with van der Waals surface area (Å²) in [7, 11) is 0. The third kappa shape index (κ3) is 5.16. The minimum atomic E-state index is -0.0279. The van der Waals surface area contributed by atoms with Crippen LogP contribution < -0.4 is 15.4 Å². The van der Waals surface area contributed by atoms with Gasteiger partial charge in [-0.25, -0.2) is 9.97 Å². The lowest BCUT2D eigenvalue weighted by Gasteiger charge is -2.33. The van der Waals surface area contributed by atoms with E-state index in [1.165, 1.54) is 6.33 Å². The van der Waals surface area contributed by atoms with Gasteiger partial charge in [0.25, 0.3) is 0 Å². The number of aryl methyl sites for hydroxylation is 1. The third-order valence-corrected chi connectivity index (χ3v) is 4.30. The molecule has 7 heteroatoms. The number of hydrogen-bond acceptors (Lipinski definition) is 6. The molecule has 0 radical (unpaired) electrons. The number of aromatic nitrogens is 2. The second-order valence-corrected chi connectivity index (χ2v) is 6.25. The van der Waals surface area contributed by atoms with Crippen LogP contribution in [-0.4, -0.2) is 47.8 Å². The number of amides is 1. The summed E-state index contributed by atoms with van der Waals surface area (Å²) in [6.45, 7) is 3.49. The van der Waals surface area contributed by atoms with Crippen molar-refractivity contribution >= 4 is 11.7 Å². The fourth-order valence-electron chi connectivity index (χ4n) is 2.87. The van der Waals surface area contributed by atoms with E-state index >= 15 is 0 Å². The molecule has 0 aliphatic carbocycles. The first-order valence-electron chi connectivity index (χ1n) is 8.80. The minimum Gasteiger partial charge on any atom is -0.493 e. The lowest BCUT2D eigenvalue weighted by atomic mass is 10.0. The summed E-state index contributed by atoms with van der Waals surface area (Å²) in [6.07, 6.45) is 4.23.